The molecule has 0 spiro atoms. The van der Waals surface area contributed by atoms with E-state index in [1.54, 1.807) is 0 Å². The molecule has 3 rings (SSSR count). The Labute approximate surface area is 219 Å². The number of aromatic nitrogens is 2. The number of benzene rings is 2. The highest BCUT2D eigenvalue weighted by atomic mass is 16.9. The maximum Gasteiger partial charge on any atom is 0.351 e. The lowest BCUT2D eigenvalue weighted by Crippen LogP contribution is -2.51. The van der Waals surface area contributed by atoms with Gasteiger partial charge in [0, 0.05) is 7.11 Å². The van der Waals surface area contributed by atoms with Gasteiger partial charge in [-0.25, -0.2) is 4.79 Å². The molecule has 0 N–H and O–H groups in total. The Kier molecular flexibility index (Phi) is 10.2. The molecule has 12 nitrogen and oxygen atoms in total. The van der Waals surface area contributed by atoms with Crippen molar-refractivity contribution >= 4 is 5.97 Å². The maximum absolute atomic E-state index is 13.7. The van der Waals surface area contributed by atoms with Gasteiger partial charge < -0.3 is 28.5 Å². The molecule has 0 fully saturated rings. The summed E-state index contributed by atoms with van der Waals surface area (Å²) in [6.07, 6.45) is -0.793. The SMILES string of the molecule is COc1cc(OC)nc(O[C@H](C(=O)OCCCCO[N+](=O)[O-])C(OC)(c2ccccc2)c2ccccc2)n1. The summed E-state index contributed by atoms with van der Waals surface area (Å²) >= 11 is 0. The first-order valence-corrected chi connectivity index (χ1v) is 11.7. The molecule has 1 heterocycles. The fourth-order valence-corrected chi connectivity index (χ4v) is 3.82. The molecule has 0 aliphatic carbocycles. The van der Waals surface area contributed by atoms with Crippen LogP contribution in [0.2, 0.25) is 0 Å². The van der Waals surface area contributed by atoms with Crippen LogP contribution in [0.4, 0.5) is 0 Å². The zero-order valence-electron chi connectivity index (χ0n) is 21.3. The average Bonchev–Trinajstić information content (AvgIpc) is 2.95. The third kappa shape index (κ3) is 6.85. The van der Waals surface area contributed by atoms with Crippen molar-refractivity contribution in [3.63, 3.8) is 0 Å². The second-order valence-electron chi connectivity index (χ2n) is 7.84. The van der Waals surface area contributed by atoms with Crippen molar-refractivity contribution in [2.45, 2.75) is 24.5 Å². The van der Waals surface area contributed by atoms with Gasteiger partial charge in [0.15, 0.2) is 5.60 Å². The largest absolute Gasteiger partial charge is 0.481 e. The number of hydrogen-bond donors (Lipinski definition) is 0. The van der Waals surface area contributed by atoms with E-state index in [9.17, 15) is 14.9 Å². The predicted octanol–water partition coefficient (Wildman–Crippen LogP) is 3.36. The minimum Gasteiger partial charge on any atom is -0.481 e. The summed E-state index contributed by atoms with van der Waals surface area (Å²) in [4.78, 5) is 36.7. The molecule has 1 aromatic heterocycles. The molecule has 0 radical (unpaired) electrons. The first-order chi connectivity index (χ1) is 18.4. The molecule has 0 saturated heterocycles. The van der Waals surface area contributed by atoms with Gasteiger partial charge in [0.2, 0.25) is 17.9 Å². The van der Waals surface area contributed by atoms with Crippen LogP contribution in [0, 0.1) is 10.1 Å². The molecule has 0 aliphatic rings. The fourth-order valence-electron chi connectivity index (χ4n) is 3.82. The van der Waals surface area contributed by atoms with Crippen LogP contribution in [-0.2, 0) is 24.7 Å². The van der Waals surface area contributed by atoms with Crippen molar-refractivity contribution in [1.29, 1.82) is 0 Å². The summed E-state index contributed by atoms with van der Waals surface area (Å²) in [6.45, 7) is -0.149. The number of nitrogens with zero attached hydrogens (tertiary/aromatic N) is 3. The number of hydrogen-bond acceptors (Lipinski definition) is 11. The molecule has 12 heteroatoms. The van der Waals surface area contributed by atoms with Gasteiger partial charge in [0.25, 0.3) is 5.09 Å². The topological polar surface area (TPSA) is 141 Å². The monoisotopic (exact) mass is 527 g/mol. The van der Waals surface area contributed by atoms with Gasteiger partial charge in [0.1, 0.15) is 0 Å². The van der Waals surface area contributed by atoms with Crippen LogP contribution in [0.15, 0.2) is 66.7 Å². The van der Waals surface area contributed by atoms with E-state index >= 15 is 0 Å². The van der Waals surface area contributed by atoms with E-state index < -0.39 is 22.8 Å². The standard InChI is InChI=1S/C26H29N3O9/c1-33-21-18-22(34-2)28-25(27-21)38-23(24(30)36-16-10-11-17-37-29(31)32)26(35-3,19-12-6-4-7-13-19)20-14-8-5-9-15-20/h4-9,12-15,18,23H,10-11,16-17H2,1-3H3/t23-/m1/s1. The van der Waals surface area contributed by atoms with Crippen LogP contribution in [-0.4, -0.2) is 61.7 Å². The summed E-state index contributed by atoms with van der Waals surface area (Å²) in [5, 5.41) is 9.48. The van der Waals surface area contributed by atoms with Gasteiger partial charge in [-0.15, -0.1) is 10.1 Å². The van der Waals surface area contributed by atoms with Crippen molar-refractivity contribution in [3.05, 3.63) is 88.0 Å². The normalized spacial score (nSPS) is 11.8. The van der Waals surface area contributed by atoms with Crippen LogP contribution in [0.3, 0.4) is 0 Å². The quantitative estimate of drug-likeness (QED) is 0.124. The van der Waals surface area contributed by atoms with Gasteiger partial charge in [0.05, 0.1) is 33.5 Å². The molecule has 38 heavy (non-hydrogen) atoms. The molecule has 2 aromatic carbocycles. The van der Waals surface area contributed by atoms with E-state index in [0.29, 0.717) is 24.0 Å². The zero-order valence-corrected chi connectivity index (χ0v) is 21.3. The van der Waals surface area contributed by atoms with E-state index in [1.807, 2.05) is 60.7 Å². The lowest BCUT2D eigenvalue weighted by Gasteiger charge is -2.38. The number of carbonyl (C=O) groups is 1. The van der Waals surface area contributed by atoms with E-state index in [0.717, 1.165) is 0 Å². The molecule has 3 aromatic rings. The number of ether oxygens (including phenoxy) is 5. The molecule has 1 atom stereocenters. The van der Waals surface area contributed by atoms with Gasteiger partial charge in [-0.2, -0.15) is 9.97 Å². The molecule has 202 valence electrons. The second kappa shape index (κ2) is 13.7. The minimum atomic E-state index is -1.48. The zero-order chi connectivity index (χ0) is 27.4. The molecular formula is C26H29N3O9. The molecule has 0 bridgehead atoms. The Hall–Kier alpha value is -4.45. The first-order valence-electron chi connectivity index (χ1n) is 11.7. The first kappa shape index (κ1) is 28.1. The van der Waals surface area contributed by atoms with Crippen molar-refractivity contribution in [2.24, 2.45) is 0 Å². The number of esters is 1. The van der Waals surface area contributed by atoms with E-state index in [4.69, 9.17) is 23.7 Å². The number of unbranched alkanes of at least 4 members (excludes halogenated alkanes) is 1. The fraction of sp³-hybridized carbons (Fsp3) is 0.346. The van der Waals surface area contributed by atoms with Gasteiger partial charge in [-0.3, -0.25) is 0 Å². The summed E-state index contributed by atoms with van der Waals surface area (Å²) in [7, 11) is 4.31. The van der Waals surface area contributed by atoms with Crippen molar-refractivity contribution in [3.8, 4) is 17.8 Å². The van der Waals surface area contributed by atoms with Crippen LogP contribution >= 0.6 is 0 Å². The summed E-state index contributed by atoms with van der Waals surface area (Å²) in [5.74, 6) is -0.445. The van der Waals surface area contributed by atoms with Gasteiger partial charge >= 0.3 is 12.0 Å². The van der Waals surface area contributed by atoms with Crippen LogP contribution in [0.25, 0.3) is 0 Å². The molecule has 0 saturated carbocycles. The summed E-state index contributed by atoms with van der Waals surface area (Å²) in [5.41, 5.74) is -0.247. The smallest absolute Gasteiger partial charge is 0.351 e. The number of carbonyl (C=O) groups excluding carboxylic acids is 1. The van der Waals surface area contributed by atoms with Crippen molar-refractivity contribution in [1.82, 2.24) is 9.97 Å². The minimum absolute atomic E-state index is 0.0363. The third-order valence-corrected chi connectivity index (χ3v) is 5.59. The van der Waals surface area contributed by atoms with E-state index in [-0.39, 0.29) is 31.0 Å². The molecular weight excluding hydrogens is 498 g/mol. The highest BCUT2D eigenvalue weighted by Gasteiger charge is 2.50. The maximum atomic E-state index is 13.7. The lowest BCUT2D eigenvalue weighted by molar-refractivity contribution is -0.757. The summed E-state index contributed by atoms with van der Waals surface area (Å²) < 4.78 is 28.3. The lowest BCUT2D eigenvalue weighted by atomic mass is 9.81. The Morgan fingerprint density at radius 1 is 0.895 bits per heavy atom. The summed E-state index contributed by atoms with van der Waals surface area (Å²) in [6, 6.07) is 19.4. The second-order valence-corrected chi connectivity index (χ2v) is 7.84. The van der Waals surface area contributed by atoms with Gasteiger partial charge in [-0.05, 0) is 24.0 Å². The molecule has 0 amide bonds. The number of rotatable bonds is 15. The highest BCUT2D eigenvalue weighted by Crippen LogP contribution is 2.39. The Bertz CT molecular complexity index is 1120. The number of methoxy groups -OCH3 is 3. The Morgan fingerprint density at radius 3 is 1.89 bits per heavy atom. The van der Waals surface area contributed by atoms with Crippen LogP contribution < -0.4 is 14.2 Å². The van der Waals surface area contributed by atoms with Crippen molar-refractivity contribution in [2.75, 3.05) is 34.5 Å². The van der Waals surface area contributed by atoms with Gasteiger partial charge in [-0.1, -0.05) is 60.7 Å². The highest BCUT2D eigenvalue weighted by molar-refractivity contribution is 5.78. The molecule has 0 unspecified atom stereocenters. The van der Waals surface area contributed by atoms with Crippen LogP contribution in [0.1, 0.15) is 24.0 Å². The van der Waals surface area contributed by atoms with Crippen molar-refractivity contribution < 1.29 is 38.4 Å². The third-order valence-electron chi connectivity index (χ3n) is 5.59. The van der Waals surface area contributed by atoms with E-state index in [1.165, 1.54) is 27.4 Å². The van der Waals surface area contributed by atoms with Crippen LogP contribution in [0.5, 0.6) is 17.8 Å². The predicted molar refractivity (Wildman–Crippen MR) is 133 cm³/mol. The van der Waals surface area contributed by atoms with E-state index in [2.05, 4.69) is 14.8 Å². The molecule has 0 aliphatic heterocycles. The Morgan fingerprint density at radius 2 is 1.42 bits per heavy atom. The average molecular weight is 528 g/mol. The Balaban J connectivity index is 2.03.